The second-order valence-electron chi connectivity index (χ2n) is 7.44. The van der Waals surface area contributed by atoms with Crippen molar-refractivity contribution in [3.63, 3.8) is 0 Å². The molecule has 4 nitrogen and oxygen atoms in total. The van der Waals surface area contributed by atoms with Gasteiger partial charge in [-0.1, -0.05) is 49.6 Å². The Bertz CT molecular complexity index is 811. The zero-order valence-corrected chi connectivity index (χ0v) is 15.7. The molecular weight excluding hydrogens is 336 g/mol. The van der Waals surface area contributed by atoms with E-state index in [9.17, 15) is 9.59 Å². The van der Waals surface area contributed by atoms with Gasteiger partial charge in [0.1, 0.15) is 0 Å². The van der Waals surface area contributed by atoms with E-state index in [1.165, 1.54) is 29.0 Å². The summed E-state index contributed by atoms with van der Waals surface area (Å²) in [6.45, 7) is 2.79. The highest BCUT2D eigenvalue weighted by Crippen LogP contribution is 2.27. The summed E-state index contributed by atoms with van der Waals surface area (Å²) in [6, 6.07) is 15.8. The molecule has 2 aromatic rings. The Balaban J connectivity index is 1.14. The topological polar surface area (TPSA) is 40.6 Å². The highest BCUT2D eigenvalue weighted by Gasteiger charge is 2.34. The van der Waals surface area contributed by atoms with E-state index < -0.39 is 0 Å². The van der Waals surface area contributed by atoms with Crippen LogP contribution in [0.15, 0.2) is 48.5 Å². The molecule has 0 radical (unpaired) electrons. The van der Waals surface area contributed by atoms with Gasteiger partial charge in [-0.25, -0.2) is 0 Å². The molecule has 2 aromatic carbocycles. The number of nitrogens with zero attached hydrogens (tertiary/aromatic N) is 2. The lowest BCUT2D eigenvalue weighted by atomic mass is 10.1. The van der Waals surface area contributed by atoms with Gasteiger partial charge >= 0.3 is 0 Å². The smallest absolute Gasteiger partial charge is 0.261 e. The molecule has 0 unspecified atom stereocenters. The highest BCUT2D eigenvalue weighted by molar-refractivity contribution is 6.21. The standard InChI is InChI=1S/C23H26N2O2/c26-22-19-11-5-6-12-20(19)23(27)25(22)16-9-3-1-2-8-15-24-17-14-18-10-4-7-13-21(18)24/h4-7,10-13H,1-3,8-9,14-17H2. The first kappa shape index (κ1) is 17.8. The first-order chi connectivity index (χ1) is 13.3. The molecule has 140 valence electrons. The van der Waals surface area contributed by atoms with Crippen molar-refractivity contribution in [1.29, 1.82) is 0 Å². The van der Waals surface area contributed by atoms with Crippen molar-refractivity contribution in [2.45, 2.75) is 38.5 Å². The van der Waals surface area contributed by atoms with E-state index in [0.717, 1.165) is 38.8 Å². The number of amides is 2. The minimum Gasteiger partial charge on any atom is -0.371 e. The fourth-order valence-electron chi connectivity index (χ4n) is 4.18. The van der Waals surface area contributed by atoms with Crippen LogP contribution in [-0.2, 0) is 6.42 Å². The summed E-state index contributed by atoms with van der Waals surface area (Å²) < 4.78 is 0. The third-order valence-corrected chi connectivity index (χ3v) is 5.67. The Labute approximate surface area is 160 Å². The Hall–Kier alpha value is -2.62. The molecule has 0 N–H and O–H groups in total. The van der Waals surface area contributed by atoms with Crippen LogP contribution in [0.1, 0.15) is 58.4 Å². The number of carbonyl (C=O) groups is 2. The number of rotatable bonds is 8. The second-order valence-corrected chi connectivity index (χ2v) is 7.44. The van der Waals surface area contributed by atoms with Crippen LogP contribution in [-0.4, -0.2) is 36.3 Å². The molecule has 2 heterocycles. The third kappa shape index (κ3) is 3.61. The molecule has 0 saturated carbocycles. The van der Waals surface area contributed by atoms with Crippen molar-refractivity contribution in [2.75, 3.05) is 24.5 Å². The summed E-state index contributed by atoms with van der Waals surface area (Å²) in [4.78, 5) is 28.5. The summed E-state index contributed by atoms with van der Waals surface area (Å²) in [7, 11) is 0. The lowest BCUT2D eigenvalue weighted by Gasteiger charge is -2.19. The molecule has 4 rings (SSSR count). The number of hydrogen-bond acceptors (Lipinski definition) is 3. The quantitative estimate of drug-likeness (QED) is 0.519. The third-order valence-electron chi connectivity index (χ3n) is 5.67. The summed E-state index contributed by atoms with van der Waals surface area (Å²) in [5.74, 6) is -0.272. The van der Waals surface area contributed by atoms with Crippen LogP contribution < -0.4 is 4.90 Å². The number of para-hydroxylation sites is 1. The number of anilines is 1. The molecule has 2 aliphatic heterocycles. The molecule has 2 aliphatic rings. The fraction of sp³-hybridized carbons (Fsp3) is 0.391. The summed E-state index contributed by atoms with van der Waals surface area (Å²) in [6.07, 6.45) is 6.65. The van der Waals surface area contributed by atoms with Crippen molar-refractivity contribution < 1.29 is 9.59 Å². The van der Waals surface area contributed by atoms with Crippen LogP contribution in [0.3, 0.4) is 0 Å². The van der Waals surface area contributed by atoms with Gasteiger partial charge in [0.25, 0.3) is 11.8 Å². The van der Waals surface area contributed by atoms with Gasteiger partial charge in [-0.2, -0.15) is 0 Å². The summed E-state index contributed by atoms with van der Waals surface area (Å²) >= 11 is 0. The Morgan fingerprint density at radius 1 is 0.704 bits per heavy atom. The fourth-order valence-corrected chi connectivity index (χ4v) is 4.18. The van der Waals surface area contributed by atoms with Gasteiger partial charge in [-0.15, -0.1) is 0 Å². The van der Waals surface area contributed by atoms with Crippen molar-refractivity contribution >= 4 is 17.5 Å². The number of hydrogen-bond donors (Lipinski definition) is 0. The lowest BCUT2D eigenvalue weighted by Crippen LogP contribution is -2.30. The first-order valence-corrected chi connectivity index (χ1v) is 10.0. The van der Waals surface area contributed by atoms with Crippen LogP contribution in [0.2, 0.25) is 0 Å². The molecule has 0 atom stereocenters. The zero-order valence-electron chi connectivity index (χ0n) is 15.7. The van der Waals surface area contributed by atoms with Crippen molar-refractivity contribution in [2.24, 2.45) is 0 Å². The minimum atomic E-state index is -0.136. The van der Waals surface area contributed by atoms with Crippen LogP contribution in [0.25, 0.3) is 0 Å². The summed E-state index contributed by atoms with van der Waals surface area (Å²) in [5.41, 5.74) is 3.98. The maximum atomic E-state index is 12.3. The molecule has 4 heteroatoms. The minimum absolute atomic E-state index is 0.136. The predicted octanol–water partition coefficient (Wildman–Crippen LogP) is 4.30. The molecule has 27 heavy (non-hydrogen) atoms. The number of carbonyl (C=O) groups excluding carboxylic acids is 2. The Morgan fingerprint density at radius 2 is 1.30 bits per heavy atom. The lowest BCUT2D eigenvalue weighted by molar-refractivity contribution is 0.0651. The van der Waals surface area contributed by atoms with Crippen molar-refractivity contribution in [3.8, 4) is 0 Å². The van der Waals surface area contributed by atoms with Gasteiger partial charge in [0, 0.05) is 25.3 Å². The SMILES string of the molecule is O=C1c2ccccc2C(=O)N1CCCCCCCN1CCc2ccccc21. The predicted molar refractivity (Wildman–Crippen MR) is 107 cm³/mol. The van der Waals surface area contributed by atoms with Crippen LogP contribution >= 0.6 is 0 Å². The molecule has 0 aliphatic carbocycles. The zero-order chi connectivity index (χ0) is 18.6. The normalized spacial score (nSPS) is 15.4. The van der Waals surface area contributed by atoms with Crippen LogP contribution in [0, 0.1) is 0 Å². The van der Waals surface area contributed by atoms with E-state index in [1.807, 2.05) is 12.1 Å². The van der Waals surface area contributed by atoms with Gasteiger partial charge in [-0.05, 0) is 43.0 Å². The molecule has 0 aromatic heterocycles. The maximum Gasteiger partial charge on any atom is 0.261 e. The monoisotopic (exact) mass is 362 g/mol. The van der Waals surface area contributed by atoms with E-state index in [1.54, 1.807) is 12.1 Å². The highest BCUT2D eigenvalue weighted by atomic mass is 16.2. The molecule has 0 fully saturated rings. The maximum absolute atomic E-state index is 12.3. The van der Waals surface area contributed by atoms with Crippen molar-refractivity contribution in [1.82, 2.24) is 4.90 Å². The van der Waals surface area contributed by atoms with Gasteiger partial charge < -0.3 is 4.90 Å². The number of unbranched alkanes of at least 4 members (excludes halogenated alkanes) is 4. The molecule has 0 bridgehead atoms. The number of benzene rings is 2. The first-order valence-electron chi connectivity index (χ1n) is 10.0. The molecular formula is C23H26N2O2. The van der Waals surface area contributed by atoms with E-state index in [-0.39, 0.29) is 11.8 Å². The van der Waals surface area contributed by atoms with Gasteiger partial charge in [0.05, 0.1) is 11.1 Å². The van der Waals surface area contributed by atoms with E-state index in [2.05, 4.69) is 29.2 Å². The number of fused-ring (bicyclic) bond motifs is 2. The van der Waals surface area contributed by atoms with Crippen LogP contribution in [0.5, 0.6) is 0 Å². The van der Waals surface area contributed by atoms with E-state index in [4.69, 9.17) is 0 Å². The van der Waals surface area contributed by atoms with E-state index in [0.29, 0.717) is 17.7 Å². The average molecular weight is 362 g/mol. The largest absolute Gasteiger partial charge is 0.371 e. The second kappa shape index (κ2) is 7.95. The van der Waals surface area contributed by atoms with Crippen LogP contribution in [0.4, 0.5) is 5.69 Å². The number of imide groups is 1. The average Bonchev–Trinajstić information content (AvgIpc) is 3.22. The van der Waals surface area contributed by atoms with E-state index >= 15 is 0 Å². The molecule has 2 amide bonds. The van der Waals surface area contributed by atoms with Crippen molar-refractivity contribution in [3.05, 3.63) is 65.2 Å². The Kier molecular flexibility index (Phi) is 5.23. The summed E-state index contributed by atoms with van der Waals surface area (Å²) in [5, 5.41) is 0. The molecule has 0 spiro atoms. The van der Waals surface area contributed by atoms with Gasteiger partial charge in [0.2, 0.25) is 0 Å². The van der Waals surface area contributed by atoms with Gasteiger partial charge in [-0.3, -0.25) is 14.5 Å². The molecule has 0 saturated heterocycles. The van der Waals surface area contributed by atoms with Gasteiger partial charge in [0.15, 0.2) is 0 Å². The Morgan fingerprint density at radius 3 is 2.04 bits per heavy atom.